The molecule has 0 radical (unpaired) electrons. The van der Waals surface area contributed by atoms with Crippen molar-refractivity contribution in [1.82, 2.24) is 0 Å². The monoisotopic (exact) mass is 355 g/mol. The first-order valence-electron chi connectivity index (χ1n) is 9.51. The molecule has 0 spiro atoms. The molecule has 1 aliphatic heterocycles. The van der Waals surface area contributed by atoms with Gasteiger partial charge in [-0.15, -0.1) is 0 Å². The Bertz CT molecular complexity index is 709. The summed E-state index contributed by atoms with van der Waals surface area (Å²) in [6, 6.07) is 9.74. The lowest BCUT2D eigenvalue weighted by Gasteiger charge is -2.29. The Morgan fingerprint density at radius 1 is 1.31 bits per heavy atom. The van der Waals surface area contributed by atoms with Gasteiger partial charge in [0.05, 0.1) is 12.3 Å². The van der Waals surface area contributed by atoms with Gasteiger partial charge in [0.15, 0.2) is 5.78 Å². The number of carbonyl (C=O) groups is 1. The topological polar surface area (TPSA) is 67.9 Å². The van der Waals surface area contributed by atoms with Crippen molar-refractivity contribution >= 4 is 17.3 Å². The van der Waals surface area contributed by atoms with Crippen LogP contribution in [-0.2, 0) is 9.53 Å². The zero-order valence-corrected chi connectivity index (χ0v) is 15.9. The molecule has 2 aliphatic rings. The fraction of sp³-hybridized carbons (Fsp3) is 0.524. The lowest BCUT2D eigenvalue weighted by Crippen LogP contribution is -2.38. The molecule has 2 unspecified atom stereocenters. The van der Waals surface area contributed by atoms with Crippen LogP contribution in [0.15, 0.2) is 47.4 Å². The van der Waals surface area contributed by atoms with E-state index in [1.165, 1.54) is 0 Å². The van der Waals surface area contributed by atoms with Gasteiger partial charge in [-0.25, -0.2) is 0 Å². The Labute approximate surface area is 155 Å². The number of carbonyl (C=O) groups excluding carboxylic acids is 1. The molecule has 1 aromatic carbocycles. The van der Waals surface area contributed by atoms with Gasteiger partial charge in [0.2, 0.25) is 5.88 Å². The van der Waals surface area contributed by atoms with Gasteiger partial charge in [0, 0.05) is 5.92 Å². The van der Waals surface area contributed by atoms with Crippen molar-refractivity contribution in [2.45, 2.75) is 46.5 Å². The van der Waals surface area contributed by atoms with Crippen molar-refractivity contribution < 1.29 is 9.53 Å². The van der Waals surface area contributed by atoms with Crippen LogP contribution in [0.1, 0.15) is 46.5 Å². The summed E-state index contributed by atoms with van der Waals surface area (Å²) in [4.78, 5) is 12.9. The summed E-state index contributed by atoms with van der Waals surface area (Å²) in [7, 11) is 0. The van der Waals surface area contributed by atoms with Crippen molar-refractivity contribution in [3.05, 3.63) is 42.3 Å². The summed E-state index contributed by atoms with van der Waals surface area (Å²) in [5.74, 6) is 0.643. The lowest BCUT2D eigenvalue weighted by atomic mass is 9.94. The van der Waals surface area contributed by atoms with Gasteiger partial charge in [-0.1, -0.05) is 51.8 Å². The van der Waals surface area contributed by atoms with E-state index in [0.717, 1.165) is 31.4 Å². The number of hydrazone groups is 1. The predicted octanol–water partition coefficient (Wildman–Crippen LogP) is 4.06. The van der Waals surface area contributed by atoms with Crippen LogP contribution in [-0.4, -0.2) is 18.2 Å². The first kappa shape index (κ1) is 18.5. The highest BCUT2D eigenvalue weighted by atomic mass is 16.5. The van der Waals surface area contributed by atoms with Crippen LogP contribution in [0.4, 0.5) is 5.69 Å². The third kappa shape index (κ3) is 3.92. The second kappa shape index (κ2) is 7.52. The highest BCUT2D eigenvalue weighted by molar-refractivity contribution is 6.08. The summed E-state index contributed by atoms with van der Waals surface area (Å²) < 4.78 is 6.01. The first-order valence-corrected chi connectivity index (χ1v) is 9.51. The van der Waals surface area contributed by atoms with Crippen LogP contribution in [0.25, 0.3) is 0 Å². The second-order valence-corrected chi connectivity index (χ2v) is 7.86. The van der Waals surface area contributed by atoms with E-state index < -0.39 is 5.92 Å². The number of amidine groups is 1. The molecule has 2 N–H and O–H groups in total. The van der Waals surface area contributed by atoms with E-state index in [2.05, 4.69) is 25.9 Å². The predicted molar refractivity (Wildman–Crippen MR) is 104 cm³/mol. The molecule has 0 amide bonds. The third-order valence-electron chi connectivity index (χ3n) is 5.21. The fourth-order valence-corrected chi connectivity index (χ4v) is 3.32. The number of nitrogens with two attached hydrogens (primary N) is 1. The highest BCUT2D eigenvalue weighted by Gasteiger charge is 2.52. The summed E-state index contributed by atoms with van der Waals surface area (Å²) in [6.45, 7) is 7.00. The lowest BCUT2D eigenvalue weighted by molar-refractivity contribution is -0.121. The van der Waals surface area contributed by atoms with Crippen molar-refractivity contribution in [2.75, 3.05) is 11.6 Å². The van der Waals surface area contributed by atoms with E-state index in [0.29, 0.717) is 18.3 Å². The molecule has 0 aromatic heterocycles. The Balaban J connectivity index is 1.82. The molecule has 1 aromatic rings. The summed E-state index contributed by atoms with van der Waals surface area (Å²) in [6.07, 6.45) is 5.98. The molecule has 1 fully saturated rings. The van der Waals surface area contributed by atoms with Crippen LogP contribution in [0.2, 0.25) is 0 Å². The van der Waals surface area contributed by atoms with E-state index >= 15 is 0 Å². The maximum absolute atomic E-state index is 12.9. The molecule has 140 valence electrons. The molecule has 1 heterocycles. The number of benzene rings is 1. The van der Waals surface area contributed by atoms with Crippen molar-refractivity contribution in [2.24, 2.45) is 28.1 Å². The van der Waals surface area contributed by atoms with E-state index in [9.17, 15) is 4.79 Å². The summed E-state index contributed by atoms with van der Waals surface area (Å²) in [5, 5.41) is 6.20. The largest absolute Gasteiger partial charge is 0.478 e. The van der Waals surface area contributed by atoms with Crippen molar-refractivity contribution in [1.29, 1.82) is 0 Å². The van der Waals surface area contributed by atoms with Crippen LogP contribution in [0.3, 0.4) is 0 Å². The first-order chi connectivity index (χ1) is 12.4. The van der Waals surface area contributed by atoms with E-state index in [-0.39, 0.29) is 17.1 Å². The van der Waals surface area contributed by atoms with Crippen LogP contribution in [0.5, 0.6) is 0 Å². The maximum atomic E-state index is 12.9. The zero-order chi connectivity index (χ0) is 18.7. The van der Waals surface area contributed by atoms with Crippen LogP contribution < -0.4 is 10.7 Å². The smallest absolute Gasteiger partial charge is 0.212 e. The van der Waals surface area contributed by atoms with Crippen molar-refractivity contribution in [3.8, 4) is 0 Å². The van der Waals surface area contributed by atoms with Crippen LogP contribution >= 0.6 is 0 Å². The fourth-order valence-electron chi connectivity index (χ4n) is 3.32. The zero-order valence-electron chi connectivity index (χ0n) is 15.9. The number of rotatable bonds is 8. The van der Waals surface area contributed by atoms with Gasteiger partial charge in [0.1, 0.15) is 11.8 Å². The van der Waals surface area contributed by atoms with Gasteiger partial charge in [-0.05, 0) is 36.5 Å². The molecule has 2 atom stereocenters. The van der Waals surface area contributed by atoms with Gasteiger partial charge >= 0.3 is 0 Å². The third-order valence-corrected chi connectivity index (χ3v) is 5.21. The van der Waals surface area contributed by atoms with E-state index in [1.807, 2.05) is 36.4 Å². The number of ketones is 1. The Hall–Kier alpha value is -2.30. The van der Waals surface area contributed by atoms with E-state index in [4.69, 9.17) is 10.5 Å². The molecule has 1 saturated carbocycles. The molecule has 5 heteroatoms. The Morgan fingerprint density at radius 2 is 2.00 bits per heavy atom. The van der Waals surface area contributed by atoms with Gasteiger partial charge in [-0.3, -0.25) is 4.79 Å². The Morgan fingerprint density at radius 3 is 2.62 bits per heavy atom. The van der Waals surface area contributed by atoms with Crippen molar-refractivity contribution in [3.63, 3.8) is 0 Å². The number of anilines is 1. The highest BCUT2D eigenvalue weighted by Crippen LogP contribution is 2.53. The molecule has 0 bridgehead atoms. The van der Waals surface area contributed by atoms with Crippen LogP contribution in [0, 0.1) is 17.3 Å². The van der Waals surface area contributed by atoms with E-state index in [1.54, 1.807) is 5.01 Å². The number of Topliss-reactive ketones (excluding diaryl/α,β-unsaturated/α-hetero) is 1. The number of unbranched alkanes of at least 4 members (excludes halogenated alkanes) is 2. The normalized spacial score (nSPS) is 23.9. The molecule has 26 heavy (non-hydrogen) atoms. The molecule has 5 nitrogen and oxygen atoms in total. The minimum Gasteiger partial charge on any atom is -0.478 e. The summed E-state index contributed by atoms with van der Waals surface area (Å²) in [5.41, 5.74) is 7.13. The average Bonchev–Trinajstić information content (AvgIpc) is 3.28. The van der Waals surface area contributed by atoms with Gasteiger partial charge < -0.3 is 10.5 Å². The molecule has 1 aliphatic carbocycles. The molecular formula is C21H29N3O2. The number of para-hydroxylation sites is 1. The molecular weight excluding hydrogens is 326 g/mol. The maximum Gasteiger partial charge on any atom is 0.212 e. The molecule has 0 saturated heterocycles. The number of nitrogens with zero attached hydrogens (tertiary/aromatic N) is 2. The molecule has 3 rings (SSSR count). The number of hydrogen-bond acceptors (Lipinski definition) is 5. The van der Waals surface area contributed by atoms with Gasteiger partial charge in [-0.2, -0.15) is 10.1 Å². The van der Waals surface area contributed by atoms with Gasteiger partial charge in [0.25, 0.3) is 0 Å². The minimum absolute atomic E-state index is 0.0575. The summed E-state index contributed by atoms with van der Waals surface area (Å²) >= 11 is 0. The number of ether oxygens (including phenoxy) is 1. The second-order valence-electron chi connectivity index (χ2n) is 7.86. The quantitative estimate of drug-likeness (QED) is 0.714. The Kier molecular flexibility index (Phi) is 5.35. The average molecular weight is 355 g/mol. The minimum atomic E-state index is -0.497. The number of hydrogen-bond donors (Lipinski definition) is 1. The standard InChI is InChI=1S/C21H29N3O2/c1-4-5-9-12-26-18-13-16(19(25)17-14-21(17,2)3)20(22)23-24(18)15-10-7-6-8-11-15/h6-8,10-11,13,16-17H,4-5,9,12,14H2,1-3H3,(H2,22,23). The SMILES string of the molecule is CCCCCOC1=CC(C(=O)C2CC2(C)C)C(N)=NN1c1ccccc1.